The van der Waals surface area contributed by atoms with Gasteiger partial charge in [-0.3, -0.25) is 10.1 Å². The van der Waals surface area contributed by atoms with E-state index in [0.29, 0.717) is 22.6 Å². The maximum Gasteiger partial charge on any atom is 0.270 e. The largest absolute Gasteiger partial charge is 0.493 e. The quantitative estimate of drug-likeness (QED) is 0.631. The molecule has 0 aliphatic heterocycles. The van der Waals surface area contributed by atoms with Crippen molar-refractivity contribution in [3.05, 3.63) is 34.1 Å². The second-order valence-corrected chi connectivity index (χ2v) is 4.14. The van der Waals surface area contributed by atoms with Gasteiger partial charge in [-0.15, -0.1) is 0 Å². The molecule has 1 saturated carbocycles. The van der Waals surface area contributed by atoms with Crippen molar-refractivity contribution in [1.82, 2.24) is 9.97 Å². The maximum absolute atomic E-state index is 10.6. The Kier molecular flexibility index (Phi) is 1.98. The maximum atomic E-state index is 10.6. The monoisotopic (exact) mass is 231 g/mol. The summed E-state index contributed by atoms with van der Waals surface area (Å²) in [6.45, 7) is 0. The van der Waals surface area contributed by atoms with E-state index in [9.17, 15) is 15.2 Å². The van der Waals surface area contributed by atoms with Crippen molar-refractivity contribution >= 4 is 16.6 Å². The Labute approximate surface area is 96.1 Å². The van der Waals surface area contributed by atoms with Gasteiger partial charge in [-0.25, -0.2) is 4.98 Å². The van der Waals surface area contributed by atoms with Crippen molar-refractivity contribution in [2.24, 2.45) is 0 Å². The molecule has 0 unspecified atom stereocenters. The van der Waals surface area contributed by atoms with Crippen LogP contribution in [0.15, 0.2) is 18.2 Å². The number of nitrogens with zero attached hydrogens (tertiary/aromatic N) is 3. The van der Waals surface area contributed by atoms with E-state index < -0.39 is 4.92 Å². The number of nitro benzene ring substituents is 1. The van der Waals surface area contributed by atoms with Gasteiger partial charge >= 0.3 is 0 Å². The summed E-state index contributed by atoms with van der Waals surface area (Å²) >= 11 is 0. The highest BCUT2D eigenvalue weighted by Crippen LogP contribution is 2.39. The molecule has 0 amide bonds. The van der Waals surface area contributed by atoms with E-state index in [4.69, 9.17) is 0 Å². The van der Waals surface area contributed by atoms with E-state index >= 15 is 0 Å². The number of non-ortho nitro benzene ring substituents is 1. The van der Waals surface area contributed by atoms with Crippen LogP contribution in [0.2, 0.25) is 0 Å². The first-order valence-electron chi connectivity index (χ1n) is 5.30. The third-order valence-corrected chi connectivity index (χ3v) is 2.83. The molecule has 2 aromatic rings. The van der Waals surface area contributed by atoms with Crippen molar-refractivity contribution in [3.8, 4) is 5.88 Å². The van der Waals surface area contributed by atoms with Crippen LogP contribution in [0.4, 0.5) is 5.69 Å². The smallest absolute Gasteiger partial charge is 0.270 e. The number of hydrogen-bond donors (Lipinski definition) is 1. The highest BCUT2D eigenvalue weighted by atomic mass is 16.6. The van der Waals surface area contributed by atoms with Gasteiger partial charge in [0.15, 0.2) is 0 Å². The first kappa shape index (κ1) is 9.95. The van der Waals surface area contributed by atoms with Gasteiger partial charge in [0.2, 0.25) is 5.88 Å². The summed E-state index contributed by atoms with van der Waals surface area (Å²) in [5.74, 6) is 0.782. The Bertz CT molecular complexity index is 623. The fraction of sp³-hybridized carbons (Fsp3) is 0.273. The SMILES string of the molecule is O=[N+]([O-])c1ccc2nc(C3CC3)nc(O)c2c1. The zero-order valence-corrected chi connectivity index (χ0v) is 8.83. The second-order valence-electron chi connectivity index (χ2n) is 4.14. The number of aromatic nitrogens is 2. The molecular formula is C11H9N3O3. The molecule has 1 aliphatic carbocycles. The molecule has 1 N–H and O–H groups in total. The van der Waals surface area contributed by atoms with Gasteiger partial charge in [-0.1, -0.05) is 0 Å². The third kappa shape index (κ3) is 1.67. The zero-order chi connectivity index (χ0) is 12.0. The second kappa shape index (κ2) is 3.38. The molecule has 1 aliphatic rings. The van der Waals surface area contributed by atoms with E-state index in [2.05, 4.69) is 9.97 Å². The molecule has 0 atom stereocenters. The Morgan fingerprint density at radius 3 is 2.76 bits per heavy atom. The van der Waals surface area contributed by atoms with Gasteiger partial charge in [0.1, 0.15) is 5.82 Å². The molecule has 0 bridgehead atoms. The number of fused-ring (bicyclic) bond motifs is 1. The van der Waals surface area contributed by atoms with Crippen LogP contribution < -0.4 is 0 Å². The first-order valence-corrected chi connectivity index (χ1v) is 5.30. The normalized spacial score (nSPS) is 15.1. The van der Waals surface area contributed by atoms with Crippen LogP contribution in [0.1, 0.15) is 24.6 Å². The molecule has 3 rings (SSSR count). The number of rotatable bonds is 2. The van der Waals surface area contributed by atoms with Crippen molar-refractivity contribution < 1.29 is 10.0 Å². The minimum absolute atomic E-state index is 0.0735. The fourth-order valence-electron chi connectivity index (χ4n) is 1.76. The summed E-state index contributed by atoms with van der Waals surface area (Å²) < 4.78 is 0. The molecule has 6 heteroatoms. The minimum Gasteiger partial charge on any atom is -0.493 e. The van der Waals surface area contributed by atoms with E-state index in [0.717, 1.165) is 12.8 Å². The lowest BCUT2D eigenvalue weighted by Gasteiger charge is -2.03. The molecule has 1 heterocycles. The molecule has 0 saturated heterocycles. The van der Waals surface area contributed by atoms with Gasteiger partial charge in [0, 0.05) is 18.1 Å². The highest BCUT2D eigenvalue weighted by molar-refractivity contribution is 5.85. The third-order valence-electron chi connectivity index (χ3n) is 2.83. The van der Waals surface area contributed by atoms with Crippen molar-refractivity contribution in [3.63, 3.8) is 0 Å². The van der Waals surface area contributed by atoms with Crippen LogP contribution in [-0.4, -0.2) is 20.0 Å². The Hall–Kier alpha value is -2.24. The van der Waals surface area contributed by atoms with Crippen LogP contribution in [0.5, 0.6) is 5.88 Å². The first-order chi connectivity index (χ1) is 8.15. The topological polar surface area (TPSA) is 89.2 Å². The molecule has 17 heavy (non-hydrogen) atoms. The lowest BCUT2D eigenvalue weighted by Crippen LogP contribution is -1.95. The summed E-state index contributed by atoms with van der Waals surface area (Å²) in [6.07, 6.45) is 2.08. The summed E-state index contributed by atoms with van der Waals surface area (Å²) in [7, 11) is 0. The van der Waals surface area contributed by atoms with E-state index in [-0.39, 0.29) is 11.6 Å². The molecule has 86 valence electrons. The number of benzene rings is 1. The van der Waals surface area contributed by atoms with Crippen LogP contribution >= 0.6 is 0 Å². The summed E-state index contributed by atoms with van der Waals surface area (Å²) in [6, 6.07) is 4.22. The molecule has 0 spiro atoms. The van der Waals surface area contributed by atoms with Crippen LogP contribution in [0.25, 0.3) is 10.9 Å². The van der Waals surface area contributed by atoms with Crippen LogP contribution in [-0.2, 0) is 0 Å². The van der Waals surface area contributed by atoms with Gasteiger partial charge in [0.25, 0.3) is 5.69 Å². The van der Waals surface area contributed by atoms with Gasteiger partial charge < -0.3 is 5.11 Å². The van der Waals surface area contributed by atoms with Crippen molar-refractivity contribution in [1.29, 1.82) is 0 Å². The number of aromatic hydroxyl groups is 1. The molecular weight excluding hydrogens is 222 g/mol. The molecule has 6 nitrogen and oxygen atoms in total. The minimum atomic E-state index is -0.506. The molecule has 1 aromatic heterocycles. The Morgan fingerprint density at radius 1 is 1.35 bits per heavy atom. The van der Waals surface area contributed by atoms with E-state index in [1.165, 1.54) is 12.1 Å². The average molecular weight is 231 g/mol. The van der Waals surface area contributed by atoms with E-state index in [1.807, 2.05) is 0 Å². The van der Waals surface area contributed by atoms with E-state index in [1.54, 1.807) is 6.07 Å². The molecule has 0 radical (unpaired) electrons. The summed E-state index contributed by atoms with van der Waals surface area (Å²) in [5.41, 5.74) is 0.473. The standard InChI is InChI=1S/C11H9N3O3/c15-11-8-5-7(14(16)17)3-4-9(8)12-10(13-11)6-1-2-6/h3-6H,1-2H2,(H,12,13,15). The predicted molar refractivity (Wildman–Crippen MR) is 59.8 cm³/mol. The van der Waals surface area contributed by atoms with Crippen LogP contribution in [0, 0.1) is 10.1 Å². The summed E-state index contributed by atoms with van der Waals surface area (Å²) in [4.78, 5) is 18.4. The lowest BCUT2D eigenvalue weighted by molar-refractivity contribution is -0.384. The van der Waals surface area contributed by atoms with Gasteiger partial charge in [0.05, 0.1) is 15.8 Å². The summed E-state index contributed by atoms with van der Waals surface area (Å²) in [5, 5.41) is 20.7. The Morgan fingerprint density at radius 2 is 2.12 bits per heavy atom. The van der Waals surface area contributed by atoms with Crippen molar-refractivity contribution in [2.45, 2.75) is 18.8 Å². The lowest BCUT2D eigenvalue weighted by atomic mass is 10.2. The number of hydrogen-bond acceptors (Lipinski definition) is 5. The van der Waals surface area contributed by atoms with Crippen LogP contribution in [0.3, 0.4) is 0 Å². The predicted octanol–water partition coefficient (Wildman–Crippen LogP) is 2.12. The van der Waals surface area contributed by atoms with Crippen molar-refractivity contribution in [2.75, 3.05) is 0 Å². The highest BCUT2D eigenvalue weighted by Gasteiger charge is 2.27. The molecule has 1 aromatic carbocycles. The average Bonchev–Trinajstić information content (AvgIpc) is 3.12. The fourth-order valence-corrected chi connectivity index (χ4v) is 1.76. The van der Waals surface area contributed by atoms with Gasteiger partial charge in [-0.05, 0) is 18.9 Å². The zero-order valence-electron chi connectivity index (χ0n) is 8.83. The molecule has 1 fully saturated rings. The van der Waals surface area contributed by atoms with Gasteiger partial charge in [-0.2, -0.15) is 4.98 Å². The Balaban J connectivity index is 2.20. The number of nitro groups is 1.